The molecule has 1 saturated heterocycles. The number of terminal acetylenes is 1. The molecular weight excluding hydrogens is 204 g/mol. The Hall–Kier alpha value is -1.50. The third kappa shape index (κ3) is 1.90. The molecule has 0 bridgehead atoms. The second-order valence-corrected chi connectivity index (χ2v) is 4.59. The fraction of sp³-hybridized carbons (Fsp3) is 0.667. The van der Waals surface area contributed by atoms with Crippen LogP contribution in [0.5, 0.6) is 0 Å². The molecule has 2 unspecified atom stereocenters. The van der Waals surface area contributed by atoms with Gasteiger partial charge in [0.15, 0.2) is 0 Å². The van der Waals surface area contributed by atoms with Crippen molar-refractivity contribution >= 4 is 11.8 Å². The Labute approximate surface area is 96.4 Å². The van der Waals surface area contributed by atoms with Crippen LogP contribution in [0.3, 0.4) is 0 Å². The lowest BCUT2D eigenvalue weighted by atomic mass is 9.95. The highest BCUT2D eigenvalue weighted by atomic mass is 16.2. The van der Waals surface area contributed by atoms with Gasteiger partial charge in [0.25, 0.3) is 0 Å². The molecule has 4 nitrogen and oxygen atoms in total. The molecule has 1 fully saturated rings. The number of piperazine rings is 1. The van der Waals surface area contributed by atoms with E-state index in [-0.39, 0.29) is 17.9 Å². The fourth-order valence-corrected chi connectivity index (χ4v) is 1.90. The van der Waals surface area contributed by atoms with E-state index < -0.39 is 11.6 Å². The number of nitrogens with one attached hydrogen (secondary N) is 1. The Morgan fingerprint density at radius 2 is 2.12 bits per heavy atom. The van der Waals surface area contributed by atoms with Crippen molar-refractivity contribution in [2.24, 2.45) is 0 Å². The van der Waals surface area contributed by atoms with E-state index in [2.05, 4.69) is 11.2 Å². The van der Waals surface area contributed by atoms with Crippen LogP contribution in [0.2, 0.25) is 0 Å². The van der Waals surface area contributed by atoms with Crippen LogP contribution in [0.1, 0.15) is 34.1 Å². The summed E-state index contributed by atoms with van der Waals surface area (Å²) in [5.74, 6) is 2.29. The first-order chi connectivity index (χ1) is 7.35. The Bertz CT molecular complexity index is 355. The van der Waals surface area contributed by atoms with Gasteiger partial charge >= 0.3 is 0 Å². The summed E-state index contributed by atoms with van der Waals surface area (Å²) < 4.78 is 0. The molecule has 0 spiro atoms. The second kappa shape index (κ2) is 4.17. The van der Waals surface area contributed by atoms with E-state index in [0.717, 1.165) is 0 Å². The first kappa shape index (κ1) is 12.6. The van der Waals surface area contributed by atoms with Gasteiger partial charge < -0.3 is 10.2 Å². The number of carbonyl (C=O) groups is 2. The van der Waals surface area contributed by atoms with Crippen LogP contribution in [0.4, 0.5) is 0 Å². The molecule has 0 radical (unpaired) electrons. The third-order valence-corrected chi connectivity index (χ3v) is 2.92. The number of rotatable bonds is 2. The average Bonchev–Trinajstić information content (AvgIpc) is 2.21. The first-order valence-electron chi connectivity index (χ1n) is 5.46. The van der Waals surface area contributed by atoms with Crippen LogP contribution < -0.4 is 5.32 Å². The lowest BCUT2D eigenvalue weighted by Gasteiger charge is -2.43. The van der Waals surface area contributed by atoms with Gasteiger partial charge in [-0.15, -0.1) is 6.42 Å². The van der Waals surface area contributed by atoms with Crippen molar-refractivity contribution in [3.05, 3.63) is 0 Å². The zero-order valence-electron chi connectivity index (χ0n) is 10.2. The van der Waals surface area contributed by atoms with Crippen molar-refractivity contribution in [1.29, 1.82) is 0 Å². The van der Waals surface area contributed by atoms with Gasteiger partial charge in [0, 0.05) is 0 Å². The SMILES string of the molecule is C#CC(CC)N1C(=O)C(C)(C)NC(=O)C1C. The minimum absolute atomic E-state index is 0.121. The van der Waals surface area contributed by atoms with E-state index in [4.69, 9.17) is 6.42 Å². The maximum atomic E-state index is 12.2. The van der Waals surface area contributed by atoms with Gasteiger partial charge in [0.05, 0.1) is 6.04 Å². The Morgan fingerprint density at radius 3 is 2.56 bits per heavy atom. The summed E-state index contributed by atoms with van der Waals surface area (Å²) in [6.45, 7) is 6.98. The summed E-state index contributed by atoms with van der Waals surface area (Å²) in [6, 6.07) is -0.811. The normalized spacial score (nSPS) is 25.9. The zero-order chi connectivity index (χ0) is 12.5. The Kier molecular flexibility index (Phi) is 3.27. The minimum Gasteiger partial charge on any atom is -0.340 e. The van der Waals surface area contributed by atoms with E-state index in [9.17, 15) is 9.59 Å². The number of hydrogen-bond acceptors (Lipinski definition) is 2. The maximum Gasteiger partial charge on any atom is 0.249 e. The van der Waals surface area contributed by atoms with E-state index in [1.165, 1.54) is 4.90 Å². The highest BCUT2D eigenvalue weighted by Gasteiger charge is 2.45. The number of hydrogen-bond donors (Lipinski definition) is 1. The molecule has 1 rings (SSSR count). The molecule has 1 heterocycles. The Balaban J connectivity index is 3.09. The second-order valence-electron chi connectivity index (χ2n) is 4.59. The molecule has 0 aromatic rings. The monoisotopic (exact) mass is 222 g/mol. The lowest BCUT2D eigenvalue weighted by Crippen LogP contribution is -2.69. The quantitative estimate of drug-likeness (QED) is 0.693. The summed E-state index contributed by atoms with van der Waals surface area (Å²) in [7, 11) is 0. The van der Waals surface area contributed by atoms with Crippen LogP contribution >= 0.6 is 0 Å². The van der Waals surface area contributed by atoms with Crippen LogP contribution in [0, 0.1) is 12.3 Å². The summed E-state index contributed by atoms with van der Waals surface area (Å²) in [5, 5.41) is 2.69. The molecule has 1 aliphatic rings. The molecule has 1 aliphatic heterocycles. The predicted molar refractivity (Wildman–Crippen MR) is 61.4 cm³/mol. The van der Waals surface area contributed by atoms with E-state index in [1.807, 2.05) is 6.92 Å². The predicted octanol–water partition coefficient (Wildman–Crippen LogP) is 0.524. The van der Waals surface area contributed by atoms with Gasteiger partial charge in [-0.2, -0.15) is 0 Å². The van der Waals surface area contributed by atoms with Crippen LogP contribution in [-0.2, 0) is 9.59 Å². The van der Waals surface area contributed by atoms with Gasteiger partial charge in [0.2, 0.25) is 11.8 Å². The van der Waals surface area contributed by atoms with Gasteiger partial charge in [-0.3, -0.25) is 9.59 Å². The minimum atomic E-state index is -0.867. The third-order valence-electron chi connectivity index (χ3n) is 2.92. The molecule has 16 heavy (non-hydrogen) atoms. The number of amides is 2. The summed E-state index contributed by atoms with van der Waals surface area (Å²) in [4.78, 5) is 25.4. The van der Waals surface area contributed by atoms with E-state index >= 15 is 0 Å². The smallest absolute Gasteiger partial charge is 0.249 e. The fourth-order valence-electron chi connectivity index (χ4n) is 1.90. The molecule has 2 atom stereocenters. The van der Waals surface area contributed by atoms with Crippen LogP contribution in [-0.4, -0.2) is 34.3 Å². The largest absolute Gasteiger partial charge is 0.340 e. The lowest BCUT2D eigenvalue weighted by molar-refractivity contribution is -0.154. The number of carbonyl (C=O) groups excluding carboxylic acids is 2. The summed E-state index contributed by atoms with van der Waals surface area (Å²) in [6.07, 6.45) is 6.05. The van der Waals surface area contributed by atoms with Crippen LogP contribution in [0.15, 0.2) is 0 Å². The topological polar surface area (TPSA) is 49.4 Å². The van der Waals surface area contributed by atoms with Crippen LogP contribution in [0.25, 0.3) is 0 Å². The summed E-state index contributed by atoms with van der Waals surface area (Å²) >= 11 is 0. The van der Waals surface area contributed by atoms with E-state index in [0.29, 0.717) is 6.42 Å². The van der Waals surface area contributed by atoms with Gasteiger partial charge in [-0.05, 0) is 27.2 Å². The van der Waals surface area contributed by atoms with Gasteiger partial charge in [-0.1, -0.05) is 12.8 Å². The summed E-state index contributed by atoms with van der Waals surface area (Å²) in [5.41, 5.74) is -0.867. The molecule has 0 aromatic carbocycles. The van der Waals surface area contributed by atoms with Crippen molar-refractivity contribution < 1.29 is 9.59 Å². The Morgan fingerprint density at radius 1 is 1.56 bits per heavy atom. The maximum absolute atomic E-state index is 12.2. The average molecular weight is 222 g/mol. The molecule has 0 aromatic heterocycles. The van der Waals surface area contributed by atoms with Crippen molar-refractivity contribution in [3.63, 3.8) is 0 Å². The standard InChI is InChI=1S/C12H18N2O2/c1-6-9(7-2)14-8(3)10(15)13-12(4,5)11(14)16/h1,8-9H,7H2,2-5H3,(H,13,15). The zero-order valence-corrected chi connectivity index (χ0v) is 10.2. The molecule has 0 saturated carbocycles. The van der Waals surface area contributed by atoms with Gasteiger partial charge in [-0.25, -0.2) is 0 Å². The molecule has 88 valence electrons. The first-order valence-corrected chi connectivity index (χ1v) is 5.46. The molecule has 2 amide bonds. The molecule has 4 heteroatoms. The van der Waals surface area contributed by atoms with Crippen molar-refractivity contribution in [2.75, 3.05) is 0 Å². The van der Waals surface area contributed by atoms with E-state index in [1.54, 1.807) is 20.8 Å². The molecular formula is C12H18N2O2. The molecule has 1 N–H and O–H groups in total. The highest BCUT2D eigenvalue weighted by molar-refractivity contribution is 5.99. The highest BCUT2D eigenvalue weighted by Crippen LogP contribution is 2.21. The number of nitrogens with zero attached hydrogens (tertiary/aromatic N) is 1. The van der Waals surface area contributed by atoms with Crippen molar-refractivity contribution in [2.45, 2.75) is 51.7 Å². The van der Waals surface area contributed by atoms with Gasteiger partial charge in [0.1, 0.15) is 11.6 Å². The van der Waals surface area contributed by atoms with Crippen molar-refractivity contribution in [3.8, 4) is 12.3 Å². The molecule has 0 aliphatic carbocycles. The van der Waals surface area contributed by atoms with Crippen molar-refractivity contribution in [1.82, 2.24) is 10.2 Å².